The molecule has 6 heteroatoms. The maximum atomic E-state index is 11.9. The van der Waals surface area contributed by atoms with Crippen LogP contribution in [0.4, 0.5) is 4.79 Å². The number of likely N-dealkylation sites (tertiary alicyclic amines) is 2. The molecular weight excluding hydrogens is 356 g/mol. The lowest BCUT2D eigenvalue weighted by atomic mass is 9.76. The number of piperidine rings is 2. The number of hydrogen-bond donors (Lipinski definition) is 1. The minimum atomic E-state index is -0.183. The summed E-state index contributed by atoms with van der Waals surface area (Å²) in [6.07, 6.45) is 4.70. The number of carbonyl (C=O) groups is 1. The molecule has 1 amide bonds. The number of carbonyl (C=O) groups excluding carboxylic acids is 1. The third-order valence-electron chi connectivity index (χ3n) is 6.35. The van der Waals surface area contributed by atoms with Crippen molar-refractivity contribution in [3.05, 3.63) is 30.3 Å². The molecule has 2 saturated heterocycles. The van der Waals surface area contributed by atoms with Gasteiger partial charge in [0.05, 0.1) is 13.2 Å². The third kappa shape index (κ3) is 5.39. The molecule has 6 nitrogen and oxygen atoms in total. The number of nitrogens with zero attached hydrogens (tertiary/aromatic N) is 2. The van der Waals surface area contributed by atoms with Gasteiger partial charge in [-0.3, -0.25) is 0 Å². The van der Waals surface area contributed by atoms with E-state index >= 15 is 0 Å². The topological polar surface area (TPSA) is 62.2 Å². The Morgan fingerprint density at radius 1 is 1.14 bits per heavy atom. The monoisotopic (exact) mass is 390 g/mol. The zero-order valence-corrected chi connectivity index (χ0v) is 17.0. The van der Waals surface area contributed by atoms with Gasteiger partial charge >= 0.3 is 6.09 Å². The highest BCUT2D eigenvalue weighted by atomic mass is 16.6. The maximum Gasteiger partial charge on any atom is 0.409 e. The van der Waals surface area contributed by atoms with Gasteiger partial charge < -0.3 is 24.4 Å². The van der Waals surface area contributed by atoms with E-state index in [1.165, 1.54) is 0 Å². The van der Waals surface area contributed by atoms with E-state index in [1.54, 1.807) is 0 Å². The van der Waals surface area contributed by atoms with Gasteiger partial charge in [0.15, 0.2) is 0 Å². The highest BCUT2D eigenvalue weighted by molar-refractivity contribution is 5.67. The molecular formula is C22H34N2O4. The van der Waals surface area contributed by atoms with Crippen LogP contribution in [0.5, 0.6) is 5.75 Å². The first-order valence-electron chi connectivity index (χ1n) is 10.6. The van der Waals surface area contributed by atoms with Crippen molar-refractivity contribution in [2.24, 2.45) is 5.41 Å². The molecule has 2 aliphatic heterocycles. The number of hydrogen-bond acceptors (Lipinski definition) is 5. The number of ether oxygens (including phenoxy) is 2. The number of amides is 1. The van der Waals surface area contributed by atoms with E-state index in [2.05, 4.69) is 4.90 Å². The first kappa shape index (κ1) is 20.9. The Morgan fingerprint density at radius 3 is 2.43 bits per heavy atom. The van der Waals surface area contributed by atoms with Gasteiger partial charge in [0.1, 0.15) is 5.75 Å². The van der Waals surface area contributed by atoms with Crippen molar-refractivity contribution in [1.82, 2.24) is 9.80 Å². The Balaban J connectivity index is 1.42. The van der Waals surface area contributed by atoms with Gasteiger partial charge in [-0.25, -0.2) is 4.79 Å². The summed E-state index contributed by atoms with van der Waals surface area (Å²) in [7, 11) is 0. The van der Waals surface area contributed by atoms with Crippen molar-refractivity contribution < 1.29 is 19.4 Å². The first-order valence-corrected chi connectivity index (χ1v) is 10.6. The molecule has 0 aromatic heterocycles. The largest absolute Gasteiger partial charge is 0.494 e. The number of aliphatic hydroxyl groups excluding tert-OH is 1. The SMILES string of the molecule is CCOC(=O)N1CCC(N2CCC(CO)(CCOc3ccccc3)CC2)CC1. The predicted octanol–water partition coefficient (Wildman–Crippen LogP) is 3.15. The summed E-state index contributed by atoms with van der Waals surface area (Å²) < 4.78 is 11.0. The lowest BCUT2D eigenvalue weighted by molar-refractivity contribution is 0.000667. The molecule has 1 aromatic rings. The molecule has 156 valence electrons. The molecule has 2 heterocycles. The molecule has 1 aromatic carbocycles. The zero-order chi connectivity index (χ0) is 19.8. The molecule has 0 radical (unpaired) electrons. The fourth-order valence-corrected chi connectivity index (χ4v) is 4.38. The molecule has 0 unspecified atom stereocenters. The molecule has 1 N–H and O–H groups in total. The quantitative estimate of drug-likeness (QED) is 0.775. The van der Waals surface area contributed by atoms with Gasteiger partial charge in [0.25, 0.3) is 0 Å². The van der Waals surface area contributed by atoms with Crippen molar-refractivity contribution in [3.63, 3.8) is 0 Å². The Hall–Kier alpha value is -1.79. The fraction of sp³-hybridized carbons (Fsp3) is 0.682. The average molecular weight is 391 g/mol. The Labute approximate surface area is 168 Å². The molecule has 0 bridgehead atoms. The second kappa shape index (κ2) is 10.1. The maximum absolute atomic E-state index is 11.9. The van der Waals surface area contributed by atoms with Crippen LogP contribution >= 0.6 is 0 Å². The molecule has 3 rings (SSSR count). The Morgan fingerprint density at radius 2 is 1.82 bits per heavy atom. The van der Waals surface area contributed by atoms with Crippen LogP contribution in [0.15, 0.2) is 30.3 Å². The van der Waals surface area contributed by atoms with Crippen LogP contribution < -0.4 is 4.74 Å². The molecule has 0 saturated carbocycles. The second-order valence-electron chi connectivity index (χ2n) is 8.02. The van der Waals surface area contributed by atoms with E-state index in [0.29, 0.717) is 19.3 Å². The predicted molar refractivity (Wildman–Crippen MR) is 108 cm³/mol. The summed E-state index contributed by atoms with van der Waals surface area (Å²) in [6.45, 7) is 6.71. The molecule has 0 aliphatic carbocycles. The van der Waals surface area contributed by atoms with Crippen molar-refractivity contribution >= 4 is 6.09 Å². The highest BCUT2D eigenvalue weighted by Gasteiger charge is 2.37. The van der Waals surface area contributed by atoms with Crippen molar-refractivity contribution in [1.29, 1.82) is 0 Å². The normalized spacial score (nSPS) is 20.7. The van der Waals surface area contributed by atoms with Gasteiger partial charge in [0.2, 0.25) is 0 Å². The van der Waals surface area contributed by atoms with Crippen LogP contribution in [-0.2, 0) is 4.74 Å². The minimum Gasteiger partial charge on any atom is -0.494 e. The summed E-state index contributed by atoms with van der Waals surface area (Å²) >= 11 is 0. The number of para-hydroxylation sites is 1. The molecule has 28 heavy (non-hydrogen) atoms. The van der Waals surface area contributed by atoms with E-state index < -0.39 is 0 Å². The van der Waals surface area contributed by atoms with Crippen LogP contribution in [-0.4, -0.2) is 73.0 Å². The molecule has 2 fully saturated rings. The Kier molecular flexibility index (Phi) is 7.57. The van der Waals surface area contributed by atoms with Crippen LogP contribution in [0.1, 0.15) is 39.0 Å². The van der Waals surface area contributed by atoms with E-state index in [9.17, 15) is 9.90 Å². The Bertz CT molecular complexity index is 594. The van der Waals surface area contributed by atoms with Crippen molar-refractivity contribution in [2.75, 3.05) is 46.0 Å². The highest BCUT2D eigenvalue weighted by Crippen LogP contribution is 2.36. The van der Waals surface area contributed by atoms with E-state index in [-0.39, 0.29) is 18.1 Å². The number of rotatable bonds is 7. The molecule has 0 spiro atoms. The molecule has 2 aliphatic rings. The number of benzene rings is 1. The van der Waals surface area contributed by atoms with Crippen molar-refractivity contribution in [2.45, 2.75) is 45.1 Å². The van der Waals surface area contributed by atoms with Gasteiger partial charge in [-0.1, -0.05) is 18.2 Å². The fourth-order valence-electron chi connectivity index (χ4n) is 4.38. The van der Waals surface area contributed by atoms with Crippen LogP contribution in [0.25, 0.3) is 0 Å². The van der Waals surface area contributed by atoms with Crippen LogP contribution in [0.2, 0.25) is 0 Å². The van der Waals surface area contributed by atoms with Gasteiger partial charge in [-0.05, 0) is 69.7 Å². The van der Waals surface area contributed by atoms with E-state index in [1.807, 2.05) is 42.2 Å². The summed E-state index contributed by atoms with van der Waals surface area (Å²) in [5.41, 5.74) is -0.0308. The van der Waals surface area contributed by atoms with Gasteiger partial charge in [-0.15, -0.1) is 0 Å². The second-order valence-corrected chi connectivity index (χ2v) is 8.02. The third-order valence-corrected chi connectivity index (χ3v) is 6.35. The summed E-state index contributed by atoms with van der Waals surface area (Å²) in [5.74, 6) is 0.890. The van der Waals surface area contributed by atoms with Crippen molar-refractivity contribution in [3.8, 4) is 5.75 Å². The van der Waals surface area contributed by atoms with Gasteiger partial charge in [0, 0.05) is 25.7 Å². The first-order chi connectivity index (χ1) is 13.7. The van der Waals surface area contributed by atoms with Crippen LogP contribution in [0.3, 0.4) is 0 Å². The standard InChI is InChI=1S/C22H34N2O4/c1-2-27-21(26)24-13-8-19(9-14-24)23-15-10-22(18-25,11-16-23)12-17-28-20-6-4-3-5-7-20/h3-7,19,25H,2,8-18H2,1H3. The van der Waals surface area contributed by atoms with E-state index in [0.717, 1.165) is 64.0 Å². The number of aliphatic hydroxyl groups is 1. The summed E-state index contributed by atoms with van der Waals surface area (Å²) in [4.78, 5) is 16.2. The minimum absolute atomic E-state index is 0.0308. The smallest absolute Gasteiger partial charge is 0.409 e. The van der Waals surface area contributed by atoms with Gasteiger partial charge in [-0.2, -0.15) is 0 Å². The van der Waals surface area contributed by atoms with E-state index in [4.69, 9.17) is 9.47 Å². The lowest BCUT2D eigenvalue weighted by Gasteiger charge is -2.45. The zero-order valence-electron chi connectivity index (χ0n) is 17.0. The van der Waals surface area contributed by atoms with Crippen LogP contribution in [0, 0.1) is 5.41 Å². The summed E-state index contributed by atoms with van der Waals surface area (Å²) in [5, 5.41) is 10.0. The molecule has 0 atom stereocenters. The average Bonchev–Trinajstić information content (AvgIpc) is 2.75. The lowest BCUT2D eigenvalue weighted by Crippen LogP contribution is -2.51. The summed E-state index contributed by atoms with van der Waals surface area (Å²) in [6, 6.07) is 10.4.